The maximum Gasteiger partial charge on any atom is 0.0582 e. The predicted molar refractivity (Wildman–Crippen MR) is 290 cm³/mol. The normalized spacial score (nSPS) is 12.7. The minimum Gasteiger partial charge on any atom is -0.310 e. The number of anilines is 6. The lowest BCUT2D eigenvalue weighted by Crippen LogP contribution is -2.26. The Balaban J connectivity index is 1.12. The van der Waals surface area contributed by atoms with E-state index < -0.39 is 0 Å². The van der Waals surface area contributed by atoms with Crippen LogP contribution in [0, 0.1) is 27.7 Å². The molecule has 0 amide bonds. The van der Waals surface area contributed by atoms with Gasteiger partial charge in [0, 0.05) is 50.3 Å². The van der Waals surface area contributed by atoms with Crippen molar-refractivity contribution in [2.45, 2.75) is 47.0 Å². The molecule has 10 aromatic carbocycles. The van der Waals surface area contributed by atoms with Crippen LogP contribution >= 0.6 is 0 Å². The van der Waals surface area contributed by atoms with Gasteiger partial charge in [-0.05, 0) is 185 Å². The summed E-state index contributed by atoms with van der Waals surface area (Å²) >= 11 is 0. The fourth-order valence-corrected chi connectivity index (χ4v) is 11.3. The summed E-state index contributed by atoms with van der Waals surface area (Å²) < 4.78 is 2.50. The van der Waals surface area contributed by atoms with E-state index in [-0.39, 0.29) is 5.41 Å². The summed E-state index contributed by atoms with van der Waals surface area (Å²) in [5.74, 6) is 0. The zero-order valence-electron chi connectivity index (χ0n) is 39.5. The summed E-state index contributed by atoms with van der Waals surface area (Å²) in [6.45, 7) is 13.6. The van der Waals surface area contributed by atoms with Crippen molar-refractivity contribution in [3.8, 4) is 27.9 Å². The van der Waals surface area contributed by atoms with E-state index in [1.54, 1.807) is 0 Å². The maximum atomic E-state index is 2.50. The van der Waals surface area contributed by atoms with Gasteiger partial charge in [-0.1, -0.05) is 135 Å². The van der Waals surface area contributed by atoms with Gasteiger partial charge in [0.25, 0.3) is 0 Å². The molecule has 11 aromatic rings. The van der Waals surface area contributed by atoms with Crippen molar-refractivity contribution in [3.05, 3.63) is 246 Å². The van der Waals surface area contributed by atoms with Gasteiger partial charge in [0.2, 0.25) is 0 Å². The SMILES string of the molecule is Cc1cc(C)cc(N(c2ccccc2)c2cc(-c3ccc(-c4cc5c6c(c4)c4ccccc4n6-c4ccccc4C5(C)C)c4ccccc34)cc(N(c3ccccc3)c3cc(C)cc(C)c3)c2)c1. The van der Waals surface area contributed by atoms with E-state index in [1.807, 2.05) is 0 Å². The average Bonchev–Trinajstić information content (AvgIpc) is 3.67. The first kappa shape index (κ1) is 41.3. The van der Waals surface area contributed by atoms with E-state index in [0.29, 0.717) is 0 Å². The van der Waals surface area contributed by atoms with Gasteiger partial charge in [-0.25, -0.2) is 0 Å². The van der Waals surface area contributed by atoms with E-state index in [2.05, 4.69) is 268 Å². The summed E-state index contributed by atoms with van der Waals surface area (Å²) in [4.78, 5) is 4.84. The Hall–Kier alpha value is -8.14. The molecule has 1 aliphatic rings. The number of hydrogen-bond donors (Lipinski definition) is 0. The molecular weight excluding hydrogens is 823 g/mol. The van der Waals surface area contributed by atoms with Crippen molar-refractivity contribution in [2.24, 2.45) is 0 Å². The summed E-state index contributed by atoms with van der Waals surface area (Å²) in [5, 5.41) is 5.01. The van der Waals surface area contributed by atoms with Crippen LogP contribution in [0.4, 0.5) is 34.1 Å². The molecule has 328 valence electrons. The molecule has 0 fully saturated rings. The molecule has 0 N–H and O–H groups in total. The molecule has 0 aliphatic carbocycles. The number of fused-ring (bicyclic) bond motifs is 6. The molecule has 68 heavy (non-hydrogen) atoms. The van der Waals surface area contributed by atoms with E-state index in [9.17, 15) is 0 Å². The van der Waals surface area contributed by atoms with E-state index >= 15 is 0 Å². The maximum absolute atomic E-state index is 2.50. The third-order valence-electron chi connectivity index (χ3n) is 14.2. The Kier molecular flexibility index (Phi) is 9.74. The van der Waals surface area contributed by atoms with Gasteiger partial charge in [0.15, 0.2) is 0 Å². The standard InChI is InChI=1S/C65H53N3/c1-42-31-43(2)34-50(33-42)66(48-19-9-7-10-20-48)52-37-46(38-53(41-52)67(49-21-11-8-12-22-49)51-35-44(3)32-45(4)36-51)54-29-30-55(57-24-14-13-23-56(54)57)47-39-59-58-25-15-17-27-62(58)68-63-28-18-16-26-60(63)65(5,6)61(40-47)64(59)68/h7-41H,1-6H3. The van der Waals surface area contributed by atoms with Gasteiger partial charge < -0.3 is 14.4 Å². The number of benzene rings is 10. The van der Waals surface area contributed by atoms with Crippen molar-refractivity contribution >= 4 is 66.7 Å². The van der Waals surface area contributed by atoms with Crippen molar-refractivity contribution in [2.75, 3.05) is 9.80 Å². The number of para-hydroxylation sites is 4. The second-order valence-corrected chi connectivity index (χ2v) is 19.4. The Labute approximate surface area is 399 Å². The first-order chi connectivity index (χ1) is 33.1. The molecule has 1 aliphatic heterocycles. The van der Waals surface area contributed by atoms with Crippen LogP contribution in [0.5, 0.6) is 0 Å². The molecule has 0 atom stereocenters. The van der Waals surface area contributed by atoms with E-state index in [0.717, 1.165) is 39.7 Å². The van der Waals surface area contributed by atoms with Crippen LogP contribution in [0.1, 0.15) is 47.2 Å². The van der Waals surface area contributed by atoms with Gasteiger partial charge >= 0.3 is 0 Å². The van der Waals surface area contributed by atoms with Gasteiger partial charge in [0.1, 0.15) is 0 Å². The van der Waals surface area contributed by atoms with Crippen molar-refractivity contribution in [1.82, 2.24) is 4.57 Å². The third kappa shape index (κ3) is 6.80. The molecule has 0 saturated carbocycles. The van der Waals surface area contributed by atoms with Crippen LogP contribution in [-0.4, -0.2) is 4.57 Å². The zero-order chi connectivity index (χ0) is 46.3. The molecule has 0 radical (unpaired) electrons. The Morgan fingerprint density at radius 1 is 0.338 bits per heavy atom. The highest BCUT2D eigenvalue weighted by atomic mass is 15.2. The molecule has 12 rings (SSSR count). The number of aryl methyl sites for hydroxylation is 4. The molecule has 1 aromatic heterocycles. The van der Waals surface area contributed by atoms with Gasteiger partial charge in [-0.3, -0.25) is 0 Å². The quantitative estimate of drug-likeness (QED) is 0.151. The zero-order valence-corrected chi connectivity index (χ0v) is 39.5. The number of aromatic nitrogens is 1. The summed E-state index contributed by atoms with van der Waals surface area (Å²) in [7, 11) is 0. The highest BCUT2D eigenvalue weighted by Gasteiger charge is 2.35. The Morgan fingerprint density at radius 3 is 1.32 bits per heavy atom. The van der Waals surface area contributed by atoms with Crippen LogP contribution in [0.2, 0.25) is 0 Å². The minimum absolute atomic E-state index is 0.206. The predicted octanol–water partition coefficient (Wildman–Crippen LogP) is 18.1. The van der Waals surface area contributed by atoms with Crippen molar-refractivity contribution in [3.63, 3.8) is 0 Å². The highest BCUT2D eigenvalue weighted by molar-refractivity contribution is 6.14. The lowest BCUT2D eigenvalue weighted by molar-refractivity contribution is 0.630. The van der Waals surface area contributed by atoms with Crippen LogP contribution in [0.3, 0.4) is 0 Å². The Bertz CT molecular complexity index is 3610. The van der Waals surface area contributed by atoms with Crippen LogP contribution in [0.15, 0.2) is 212 Å². The highest BCUT2D eigenvalue weighted by Crippen LogP contribution is 2.51. The molecular formula is C65H53N3. The van der Waals surface area contributed by atoms with E-state index in [4.69, 9.17) is 0 Å². The molecule has 0 unspecified atom stereocenters. The second kappa shape index (κ2) is 16.0. The molecule has 3 heteroatoms. The summed E-state index contributed by atoms with van der Waals surface area (Å²) in [6.07, 6.45) is 0. The monoisotopic (exact) mass is 875 g/mol. The topological polar surface area (TPSA) is 11.4 Å². The summed E-state index contributed by atoms with van der Waals surface area (Å²) in [6, 6.07) is 79.1. The smallest absolute Gasteiger partial charge is 0.0582 e. The lowest BCUT2D eigenvalue weighted by atomic mass is 9.74. The summed E-state index contributed by atoms with van der Waals surface area (Å²) in [5.41, 5.74) is 22.6. The first-order valence-corrected chi connectivity index (χ1v) is 23.8. The average molecular weight is 876 g/mol. The van der Waals surface area contributed by atoms with Gasteiger partial charge in [-0.15, -0.1) is 0 Å². The largest absolute Gasteiger partial charge is 0.310 e. The minimum atomic E-state index is -0.206. The fourth-order valence-electron chi connectivity index (χ4n) is 11.3. The third-order valence-corrected chi connectivity index (χ3v) is 14.2. The van der Waals surface area contributed by atoms with Gasteiger partial charge in [-0.2, -0.15) is 0 Å². The molecule has 0 bridgehead atoms. The first-order valence-electron chi connectivity index (χ1n) is 23.8. The van der Waals surface area contributed by atoms with Crippen LogP contribution < -0.4 is 9.80 Å². The number of nitrogens with zero attached hydrogens (tertiary/aromatic N) is 3. The van der Waals surface area contributed by atoms with Gasteiger partial charge in [0.05, 0.1) is 16.7 Å². The number of hydrogen-bond acceptors (Lipinski definition) is 2. The van der Waals surface area contributed by atoms with Crippen molar-refractivity contribution in [1.29, 1.82) is 0 Å². The van der Waals surface area contributed by atoms with Crippen molar-refractivity contribution < 1.29 is 0 Å². The lowest BCUT2D eigenvalue weighted by Gasteiger charge is -2.35. The van der Waals surface area contributed by atoms with Crippen LogP contribution in [0.25, 0.3) is 60.5 Å². The molecule has 0 spiro atoms. The fraction of sp³-hybridized carbons (Fsp3) is 0.108. The number of rotatable bonds is 8. The molecule has 3 nitrogen and oxygen atoms in total. The van der Waals surface area contributed by atoms with Crippen LogP contribution in [-0.2, 0) is 5.41 Å². The Morgan fingerprint density at radius 2 is 0.779 bits per heavy atom. The molecule has 2 heterocycles. The van der Waals surface area contributed by atoms with E-state index in [1.165, 1.54) is 88.3 Å². The second-order valence-electron chi connectivity index (χ2n) is 19.4. The molecule has 0 saturated heterocycles.